The van der Waals surface area contributed by atoms with Crippen molar-refractivity contribution in [3.8, 4) is 0 Å². The average molecular weight is 157 g/mol. The Kier molecular flexibility index (Phi) is 2.76. The smallest absolute Gasteiger partial charge is 0.161 e. The summed E-state index contributed by atoms with van der Waals surface area (Å²) >= 11 is 0. The van der Waals surface area contributed by atoms with Gasteiger partial charge in [0.1, 0.15) is 5.76 Å². The molecular weight excluding hydrogens is 142 g/mol. The van der Waals surface area contributed by atoms with Gasteiger partial charge in [-0.05, 0) is 13.8 Å². The minimum Gasteiger partial charge on any atom is -0.476 e. The van der Waals surface area contributed by atoms with Crippen LogP contribution in [0.2, 0.25) is 0 Å². The molecule has 0 radical (unpaired) electrons. The molecule has 1 aliphatic heterocycles. The number of rotatable bonds is 3. The van der Waals surface area contributed by atoms with E-state index < -0.39 is 0 Å². The third-order valence-electron chi connectivity index (χ3n) is 1.99. The number of ether oxygens (including phenoxy) is 2. The summed E-state index contributed by atoms with van der Waals surface area (Å²) in [6.45, 7) is 6.41. The second-order valence-electron chi connectivity index (χ2n) is 2.67. The molecule has 0 saturated carbocycles. The number of hydrogen-bond acceptors (Lipinski definition) is 3. The first-order valence-corrected chi connectivity index (χ1v) is 3.80. The molecule has 0 spiro atoms. The largest absolute Gasteiger partial charge is 0.476 e. The van der Waals surface area contributed by atoms with Crippen molar-refractivity contribution < 1.29 is 9.47 Å². The van der Waals surface area contributed by atoms with E-state index in [4.69, 9.17) is 9.47 Å². The van der Waals surface area contributed by atoms with E-state index in [1.54, 1.807) is 7.11 Å². The predicted octanol–water partition coefficient (Wildman–Crippen LogP) is 1.17. The lowest BCUT2D eigenvalue weighted by atomic mass is 10.4. The van der Waals surface area contributed by atoms with Crippen LogP contribution in [0.3, 0.4) is 0 Å². The fourth-order valence-corrected chi connectivity index (χ4v) is 1.03. The molecule has 0 saturated heterocycles. The Bertz CT molecular complexity index is 165. The first-order valence-electron chi connectivity index (χ1n) is 3.80. The Morgan fingerprint density at radius 1 is 1.55 bits per heavy atom. The van der Waals surface area contributed by atoms with E-state index in [1.807, 2.05) is 6.92 Å². The van der Waals surface area contributed by atoms with Gasteiger partial charge in [-0.3, -0.25) is 0 Å². The zero-order valence-corrected chi connectivity index (χ0v) is 7.39. The van der Waals surface area contributed by atoms with Crippen molar-refractivity contribution in [2.24, 2.45) is 0 Å². The molecule has 0 N–H and O–H groups in total. The summed E-state index contributed by atoms with van der Waals surface area (Å²) in [5.41, 5.74) is 1.22. The van der Waals surface area contributed by atoms with E-state index in [-0.39, 0.29) is 0 Å². The van der Waals surface area contributed by atoms with E-state index in [0.29, 0.717) is 6.73 Å². The number of allylic oxidation sites excluding steroid dienone is 2. The maximum Gasteiger partial charge on any atom is 0.161 e. The molecule has 64 valence electrons. The molecule has 1 aliphatic rings. The monoisotopic (exact) mass is 157 g/mol. The number of nitrogens with zero attached hydrogens (tertiary/aromatic N) is 1. The van der Waals surface area contributed by atoms with Crippen LogP contribution in [0.1, 0.15) is 13.8 Å². The van der Waals surface area contributed by atoms with Gasteiger partial charge in [0.05, 0.1) is 12.3 Å². The topological polar surface area (TPSA) is 21.7 Å². The van der Waals surface area contributed by atoms with Gasteiger partial charge in [-0.1, -0.05) is 0 Å². The predicted molar refractivity (Wildman–Crippen MR) is 42.9 cm³/mol. The Labute approximate surface area is 67.6 Å². The molecule has 1 rings (SSSR count). The van der Waals surface area contributed by atoms with Gasteiger partial charge in [-0.2, -0.15) is 0 Å². The highest BCUT2D eigenvalue weighted by atomic mass is 16.5. The Morgan fingerprint density at radius 2 is 2.27 bits per heavy atom. The summed E-state index contributed by atoms with van der Waals surface area (Å²) in [5, 5.41) is 0. The first kappa shape index (κ1) is 8.40. The van der Waals surface area contributed by atoms with Crippen molar-refractivity contribution in [3.05, 3.63) is 11.5 Å². The molecule has 11 heavy (non-hydrogen) atoms. The summed E-state index contributed by atoms with van der Waals surface area (Å²) in [6.07, 6.45) is 0. The van der Waals surface area contributed by atoms with Crippen LogP contribution in [-0.4, -0.2) is 31.9 Å². The standard InChI is InChI=1S/C8H15NO2/c1-7-8(2)11-6-9(7)4-5-10-3/h4-6H2,1-3H3. The van der Waals surface area contributed by atoms with Crippen LogP contribution < -0.4 is 0 Å². The molecule has 0 unspecified atom stereocenters. The van der Waals surface area contributed by atoms with Crippen LogP contribution in [0, 0.1) is 0 Å². The van der Waals surface area contributed by atoms with Crippen molar-refractivity contribution in [2.45, 2.75) is 13.8 Å². The van der Waals surface area contributed by atoms with Gasteiger partial charge in [0.2, 0.25) is 0 Å². The lowest BCUT2D eigenvalue weighted by molar-refractivity contribution is 0.114. The van der Waals surface area contributed by atoms with Gasteiger partial charge in [-0.15, -0.1) is 0 Å². The van der Waals surface area contributed by atoms with Crippen molar-refractivity contribution in [3.63, 3.8) is 0 Å². The van der Waals surface area contributed by atoms with E-state index in [1.165, 1.54) is 5.70 Å². The van der Waals surface area contributed by atoms with E-state index in [0.717, 1.165) is 18.9 Å². The lowest BCUT2D eigenvalue weighted by Crippen LogP contribution is -2.23. The zero-order valence-electron chi connectivity index (χ0n) is 7.39. The fourth-order valence-electron chi connectivity index (χ4n) is 1.03. The lowest BCUT2D eigenvalue weighted by Gasteiger charge is -2.16. The van der Waals surface area contributed by atoms with Crippen molar-refractivity contribution in [2.75, 3.05) is 27.0 Å². The molecule has 0 bridgehead atoms. The van der Waals surface area contributed by atoms with Gasteiger partial charge in [0.25, 0.3) is 0 Å². The van der Waals surface area contributed by atoms with Gasteiger partial charge in [0.15, 0.2) is 6.73 Å². The van der Waals surface area contributed by atoms with Crippen molar-refractivity contribution >= 4 is 0 Å². The average Bonchev–Trinajstić information content (AvgIpc) is 2.31. The highest BCUT2D eigenvalue weighted by Crippen LogP contribution is 2.17. The van der Waals surface area contributed by atoms with Crippen LogP contribution in [0.25, 0.3) is 0 Å². The van der Waals surface area contributed by atoms with E-state index in [9.17, 15) is 0 Å². The second-order valence-corrected chi connectivity index (χ2v) is 2.67. The fraction of sp³-hybridized carbons (Fsp3) is 0.750. The molecule has 0 atom stereocenters. The third-order valence-corrected chi connectivity index (χ3v) is 1.99. The van der Waals surface area contributed by atoms with Crippen LogP contribution in [0.15, 0.2) is 11.5 Å². The van der Waals surface area contributed by atoms with Crippen molar-refractivity contribution in [1.82, 2.24) is 4.90 Å². The maximum atomic E-state index is 5.32. The van der Waals surface area contributed by atoms with Crippen LogP contribution >= 0.6 is 0 Å². The third kappa shape index (κ3) is 1.87. The Hall–Kier alpha value is -0.700. The van der Waals surface area contributed by atoms with Gasteiger partial charge in [-0.25, -0.2) is 0 Å². The summed E-state index contributed by atoms with van der Waals surface area (Å²) in [5.74, 6) is 1.03. The Morgan fingerprint density at radius 3 is 2.73 bits per heavy atom. The van der Waals surface area contributed by atoms with Crippen LogP contribution in [0.5, 0.6) is 0 Å². The summed E-state index contributed by atoms with van der Waals surface area (Å²) in [7, 11) is 1.71. The van der Waals surface area contributed by atoms with Gasteiger partial charge >= 0.3 is 0 Å². The molecule has 0 amide bonds. The summed E-state index contributed by atoms with van der Waals surface area (Å²) in [4.78, 5) is 2.17. The molecule has 0 aromatic rings. The summed E-state index contributed by atoms with van der Waals surface area (Å²) < 4.78 is 10.3. The van der Waals surface area contributed by atoms with Crippen LogP contribution in [-0.2, 0) is 9.47 Å². The highest BCUT2D eigenvalue weighted by molar-refractivity contribution is 5.05. The van der Waals surface area contributed by atoms with Crippen LogP contribution in [0.4, 0.5) is 0 Å². The molecule has 0 fully saturated rings. The SMILES string of the molecule is COCCN1COC(C)=C1C. The molecular formula is C8H15NO2. The molecule has 3 nitrogen and oxygen atoms in total. The minimum absolute atomic E-state index is 0.682. The minimum atomic E-state index is 0.682. The normalized spacial score (nSPS) is 17.5. The molecule has 0 aromatic heterocycles. The zero-order chi connectivity index (χ0) is 8.27. The second kappa shape index (κ2) is 3.62. The molecule has 3 heteroatoms. The van der Waals surface area contributed by atoms with E-state index in [2.05, 4.69) is 11.8 Å². The first-order chi connectivity index (χ1) is 5.25. The number of methoxy groups -OCH3 is 1. The Balaban J connectivity index is 2.37. The molecule has 0 aliphatic carbocycles. The number of hydrogen-bond donors (Lipinski definition) is 0. The van der Waals surface area contributed by atoms with Gasteiger partial charge < -0.3 is 14.4 Å². The maximum absolute atomic E-state index is 5.32. The highest BCUT2D eigenvalue weighted by Gasteiger charge is 2.15. The molecule has 0 aromatic carbocycles. The quantitative estimate of drug-likeness (QED) is 0.614. The molecule has 1 heterocycles. The van der Waals surface area contributed by atoms with Crippen molar-refractivity contribution in [1.29, 1.82) is 0 Å². The van der Waals surface area contributed by atoms with Gasteiger partial charge in [0, 0.05) is 13.7 Å². The van der Waals surface area contributed by atoms with E-state index >= 15 is 0 Å². The summed E-state index contributed by atoms with van der Waals surface area (Å²) in [6, 6.07) is 0.